The molecule has 2 aromatic rings. The molecule has 0 aromatic heterocycles. The summed E-state index contributed by atoms with van der Waals surface area (Å²) < 4.78 is 11.0. The fourth-order valence-electron chi connectivity index (χ4n) is 5.27. The van der Waals surface area contributed by atoms with Crippen molar-refractivity contribution >= 4 is 17.6 Å². The number of likely N-dealkylation sites (N-methyl/N-ethyl adjacent to an activating group) is 1. The first-order valence-corrected chi connectivity index (χ1v) is 14.0. The molecule has 0 spiro atoms. The number of carboxylic acid groups (broad SMARTS) is 2. The number of nitro benzene ring substituents is 1. The number of nitrogens with one attached hydrogen (secondary N) is 2. The van der Waals surface area contributed by atoms with Crippen LogP contribution in [-0.2, 0) is 9.59 Å². The molecule has 0 fully saturated rings. The number of nitro groups is 1. The quantitative estimate of drug-likeness (QED) is 0.138. The molecule has 44 heavy (non-hydrogen) atoms. The van der Waals surface area contributed by atoms with E-state index in [4.69, 9.17) is 9.47 Å². The molecule has 0 radical (unpaired) electrons. The lowest BCUT2D eigenvalue weighted by Gasteiger charge is -2.34. The van der Waals surface area contributed by atoms with E-state index in [-0.39, 0.29) is 47.7 Å². The number of nitrogens with zero attached hydrogens (tertiary/aromatic N) is 2. The number of hydrogen-bond acceptors (Lipinski definition) is 10. The Morgan fingerprint density at radius 3 is 2.39 bits per heavy atom. The van der Waals surface area contributed by atoms with E-state index in [0.29, 0.717) is 30.3 Å². The summed E-state index contributed by atoms with van der Waals surface area (Å²) in [5.74, 6) is -2.73. The van der Waals surface area contributed by atoms with E-state index in [0.717, 1.165) is 0 Å². The number of carboxylic acids is 2. The Balaban J connectivity index is 1.68. The molecule has 0 bridgehead atoms. The summed E-state index contributed by atoms with van der Waals surface area (Å²) in [6, 6.07) is 12.6. The standard InChI is InChI=1S/C31H40N4O9/c1-19-26(29(37)38)27(20-9-8-10-21(15-20)35(41)42)28(30(39)40)23(33-19)13-14-34(4)18-31(2,3)32-16-22(36)17-44-25-12-7-6-11-24(25)43-5/h6-12,15,22,27,32-33,36H,13-14,16-18H2,1-5H3,(H,37,38)(H,39,40). The number of dihydropyridines is 1. The first kappa shape index (κ1) is 34.0. The molecule has 1 heterocycles. The highest BCUT2D eigenvalue weighted by atomic mass is 16.6. The van der Waals surface area contributed by atoms with Gasteiger partial charge in [0, 0.05) is 55.1 Å². The molecule has 238 valence electrons. The summed E-state index contributed by atoms with van der Waals surface area (Å²) in [5.41, 5.74) is -0.251. The zero-order valence-electron chi connectivity index (χ0n) is 25.5. The molecular weight excluding hydrogens is 572 g/mol. The number of para-hydroxylation sites is 2. The van der Waals surface area contributed by atoms with E-state index in [2.05, 4.69) is 10.6 Å². The summed E-state index contributed by atoms with van der Waals surface area (Å²) in [6.07, 6.45) is -0.539. The van der Waals surface area contributed by atoms with Gasteiger partial charge in [0.15, 0.2) is 11.5 Å². The van der Waals surface area contributed by atoms with Crippen molar-refractivity contribution < 1.29 is 39.3 Å². The van der Waals surface area contributed by atoms with Gasteiger partial charge in [0.2, 0.25) is 0 Å². The fourth-order valence-corrected chi connectivity index (χ4v) is 5.27. The van der Waals surface area contributed by atoms with Gasteiger partial charge in [0.25, 0.3) is 5.69 Å². The monoisotopic (exact) mass is 612 g/mol. The first-order valence-electron chi connectivity index (χ1n) is 14.0. The Labute approximate surface area is 255 Å². The Morgan fingerprint density at radius 2 is 1.77 bits per heavy atom. The van der Waals surface area contributed by atoms with Gasteiger partial charge in [-0.15, -0.1) is 0 Å². The number of β-amino-alcohol motifs (C(OH)–C–C–N with tert-alkyl or cyclic N) is 1. The minimum atomic E-state index is -1.32. The minimum Gasteiger partial charge on any atom is -0.493 e. The number of allylic oxidation sites excluding steroid dienone is 1. The minimum absolute atomic E-state index is 0.0635. The third-order valence-electron chi connectivity index (χ3n) is 7.25. The lowest BCUT2D eigenvalue weighted by Crippen LogP contribution is -2.51. The molecule has 5 N–H and O–H groups in total. The van der Waals surface area contributed by atoms with Crippen molar-refractivity contribution in [3.05, 3.63) is 86.7 Å². The van der Waals surface area contributed by atoms with E-state index in [1.54, 1.807) is 26.2 Å². The number of benzene rings is 2. The zero-order valence-corrected chi connectivity index (χ0v) is 25.5. The number of non-ortho nitro benzene ring substituents is 1. The van der Waals surface area contributed by atoms with E-state index in [9.17, 15) is 35.0 Å². The smallest absolute Gasteiger partial charge is 0.334 e. The Kier molecular flexibility index (Phi) is 11.5. The van der Waals surface area contributed by atoms with Crippen LogP contribution in [0.5, 0.6) is 11.5 Å². The van der Waals surface area contributed by atoms with E-state index in [1.165, 1.54) is 24.3 Å². The van der Waals surface area contributed by atoms with Crippen molar-refractivity contribution in [2.45, 2.75) is 44.8 Å². The number of aliphatic hydroxyl groups excluding tert-OH is 1. The molecular formula is C31H40N4O9. The van der Waals surface area contributed by atoms with Gasteiger partial charge in [-0.1, -0.05) is 24.3 Å². The van der Waals surface area contributed by atoms with Crippen LogP contribution in [0.15, 0.2) is 71.1 Å². The Morgan fingerprint density at radius 1 is 1.11 bits per heavy atom. The summed E-state index contributed by atoms with van der Waals surface area (Å²) in [4.78, 5) is 37.5. The summed E-state index contributed by atoms with van der Waals surface area (Å²) in [6.45, 7) is 6.77. The number of hydrogen-bond donors (Lipinski definition) is 5. The van der Waals surface area contributed by atoms with Crippen molar-refractivity contribution in [2.75, 3.05) is 40.4 Å². The van der Waals surface area contributed by atoms with E-state index < -0.39 is 34.4 Å². The predicted molar refractivity (Wildman–Crippen MR) is 163 cm³/mol. The van der Waals surface area contributed by atoms with Crippen LogP contribution in [0.3, 0.4) is 0 Å². The second-order valence-corrected chi connectivity index (χ2v) is 11.3. The highest BCUT2D eigenvalue weighted by Gasteiger charge is 2.38. The second-order valence-electron chi connectivity index (χ2n) is 11.3. The molecule has 2 atom stereocenters. The van der Waals surface area contributed by atoms with Crippen molar-refractivity contribution in [3.63, 3.8) is 0 Å². The van der Waals surface area contributed by atoms with Gasteiger partial charge in [-0.05, 0) is 45.5 Å². The molecule has 0 saturated carbocycles. The molecule has 0 saturated heterocycles. The van der Waals surface area contributed by atoms with Crippen LogP contribution in [0, 0.1) is 10.1 Å². The molecule has 0 aliphatic carbocycles. The number of methoxy groups -OCH3 is 1. The van der Waals surface area contributed by atoms with Gasteiger partial charge in [-0.2, -0.15) is 0 Å². The molecule has 2 aromatic carbocycles. The molecule has 0 amide bonds. The van der Waals surface area contributed by atoms with Crippen LogP contribution in [0.2, 0.25) is 0 Å². The molecule has 3 rings (SSSR count). The van der Waals surface area contributed by atoms with Crippen LogP contribution in [-0.4, -0.2) is 89.1 Å². The van der Waals surface area contributed by atoms with Crippen molar-refractivity contribution in [2.24, 2.45) is 0 Å². The number of aliphatic hydroxyl groups is 1. The maximum Gasteiger partial charge on any atom is 0.334 e. The van der Waals surface area contributed by atoms with Gasteiger partial charge in [0.05, 0.1) is 29.1 Å². The summed E-state index contributed by atoms with van der Waals surface area (Å²) >= 11 is 0. The van der Waals surface area contributed by atoms with Crippen LogP contribution < -0.4 is 20.1 Å². The summed E-state index contributed by atoms with van der Waals surface area (Å²) in [7, 11) is 3.42. The molecule has 1 aliphatic heterocycles. The number of ether oxygens (including phenoxy) is 2. The maximum absolute atomic E-state index is 12.5. The summed E-state index contributed by atoms with van der Waals surface area (Å²) in [5, 5.41) is 48.4. The third-order valence-corrected chi connectivity index (χ3v) is 7.25. The van der Waals surface area contributed by atoms with Crippen LogP contribution in [0.4, 0.5) is 5.69 Å². The van der Waals surface area contributed by atoms with E-state index in [1.807, 2.05) is 37.9 Å². The third kappa shape index (κ3) is 8.78. The lowest BCUT2D eigenvalue weighted by molar-refractivity contribution is -0.384. The Bertz CT molecular complexity index is 1440. The van der Waals surface area contributed by atoms with Gasteiger partial charge >= 0.3 is 11.9 Å². The second kappa shape index (κ2) is 14.8. The SMILES string of the molecule is COc1ccccc1OCC(O)CNC(C)(C)CN(C)CCC1=C(C(=O)O)C(c2cccc([N+](=O)[O-])c2)C(C(=O)O)=C(C)N1. The average Bonchev–Trinajstić information content (AvgIpc) is 2.97. The first-order chi connectivity index (χ1) is 20.7. The normalized spacial score (nSPS) is 16.0. The molecule has 1 aliphatic rings. The number of aliphatic carboxylic acids is 2. The van der Waals surface area contributed by atoms with E-state index >= 15 is 0 Å². The molecule has 2 unspecified atom stereocenters. The topological polar surface area (TPSA) is 184 Å². The van der Waals surface area contributed by atoms with Gasteiger partial charge in [0.1, 0.15) is 12.7 Å². The number of rotatable bonds is 16. The van der Waals surface area contributed by atoms with Crippen molar-refractivity contribution in [1.82, 2.24) is 15.5 Å². The largest absolute Gasteiger partial charge is 0.493 e. The molecule has 13 nitrogen and oxygen atoms in total. The lowest BCUT2D eigenvalue weighted by atomic mass is 9.79. The fraction of sp³-hybridized carbons (Fsp3) is 0.419. The number of carbonyl (C=O) groups is 2. The highest BCUT2D eigenvalue weighted by Crippen LogP contribution is 2.40. The van der Waals surface area contributed by atoms with Gasteiger partial charge in [-0.25, -0.2) is 9.59 Å². The van der Waals surface area contributed by atoms with Crippen LogP contribution >= 0.6 is 0 Å². The van der Waals surface area contributed by atoms with Crippen molar-refractivity contribution in [1.29, 1.82) is 0 Å². The van der Waals surface area contributed by atoms with Crippen LogP contribution in [0.25, 0.3) is 0 Å². The van der Waals surface area contributed by atoms with Gasteiger partial charge in [-0.3, -0.25) is 10.1 Å². The zero-order chi connectivity index (χ0) is 32.6. The predicted octanol–water partition coefficient (Wildman–Crippen LogP) is 3.12. The maximum atomic E-state index is 12.5. The Hall–Kier alpha value is -4.46. The van der Waals surface area contributed by atoms with Crippen molar-refractivity contribution in [3.8, 4) is 11.5 Å². The average molecular weight is 613 g/mol. The van der Waals surface area contributed by atoms with Crippen LogP contribution in [0.1, 0.15) is 38.7 Å². The molecule has 13 heteroatoms. The highest BCUT2D eigenvalue weighted by molar-refractivity contribution is 5.98. The van der Waals surface area contributed by atoms with Gasteiger partial charge < -0.3 is 40.3 Å².